The number of rotatable bonds is 11. The van der Waals surface area contributed by atoms with Crippen molar-refractivity contribution >= 4 is 35.3 Å². The molecule has 0 amide bonds. The molecule has 3 N–H and O–H groups in total. The Morgan fingerprint density at radius 3 is 2.36 bits per heavy atom. The van der Waals surface area contributed by atoms with E-state index in [-0.39, 0.29) is 16.5 Å². The van der Waals surface area contributed by atoms with Crippen molar-refractivity contribution in [2.75, 3.05) is 25.5 Å². The number of anilines is 1. The summed E-state index contributed by atoms with van der Waals surface area (Å²) in [4.78, 5) is 14.3. The summed E-state index contributed by atoms with van der Waals surface area (Å²) < 4.78 is 50.1. The molecular formula is C40H44N6O5SSi. The number of hydrogen-bond acceptors (Lipinski definition) is 9. The fourth-order valence-corrected chi connectivity index (χ4v) is 7.99. The molecule has 0 radical (unpaired) electrons. The summed E-state index contributed by atoms with van der Waals surface area (Å²) in [6, 6.07) is 30.0. The van der Waals surface area contributed by atoms with Gasteiger partial charge in [0.25, 0.3) is 0 Å². The van der Waals surface area contributed by atoms with E-state index >= 15 is 0 Å². The van der Waals surface area contributed by atoms with E-state index in [0.29, 0.717) is 53.7 Å². The van der Waals surface area contributed by atoms with Crippen molar-refractivity contribution in [1.82, 2.24) is 24.2 Å². The Labute approximate surface area is 311 Å². The predicted octanol–water partition coefficient (Wildman–Crippen LogP) is 7.68. The number of benzene rings is 3. The molecule has 1 aliphatic heterocycles. The van der Waals surface area contributed by atoms with Crippen LogP contribution in [0.1, 0.15) is 38.2 Å². The Kier molecular flexibility index (Phi) is 9.96. The second-order valence-corrected chi connectivity index (χ2v) is 21.1. The van der Waals surface area contributed by atoms with Gasteiger partial charge in [-0.1, -0.05) is 57.2 Å². The lowest BCUT2D eigenvalue weighted by Gasteiger charge is -2.37. The number of nitrogens with two attached hydrogens (primary N) is 1. The smallest absolute Gasteiger partial charge is 0.250 e. The van der Waals surface area contributed by atoms with Crippen molar-refractivity contribution in [2.24, 2.45) is 0 Å². The number of sulfonamides is 1. The third-order valence-electron chi connectivity index (χ3n) is 9.89. The first kappa shape index (κ1) is 36.4. The second-order valence-electron chi connectivity index (χ2n) is 14.6. The van der Waals surface area contributed by atoms with Crippen LogP contribution in [0.15, 0.2) is 108 Å². The lowest BCUT2D eigenvalue weighted by molar-refractivity contribution is -0.0450. The maximum absolute atomic E-state index is 13.5. The van der Waals surface area contributed by atoms with E-state index in [1.807, 2.05) is 71.3 Å². The molecule has 1 aliphatic rings. The van der Waals surface area contributed by atoms with Gasteiger partial charge < -0.3 is 19.6 Å². The number of hydrogen-bond donors (Lipinski definition) is 2. The van der Waals surface area contributed by atoms with Crippen molar-refractivity contribution in [3.63, 3.8) is 0 Å². The molecule has 6 aromatic rings. The molecule has 1 saturated heterocycles. The van der Waals surface area contributed by atoms with E-state index in [1.165, 1.54) is 0 Å². The number of fused-ring (bicyclic) bond motifs is 1. The molecule has 3 aromatic carbocycles. The van der Waals surface area contributed by atoms with E-state index in [9.17, 15) is 8.42 Å². The van der Waals surface area contributed by atoms with Crippen LogP contribution in [0, 0.1) is 0 Å². The average molecular weight is 749 g/mol. The van der Waals surface area contributed by atoms with Gasteiger partial charge in [-0.25, -0.2) is 28.1 Å². The van der Waals surface area contributed by atoms with Crippen molar-refractivity contribution in [3.05, 3.63) is 114 Å². The molecule has 274 valence electrons. The standard InChI is InChI=1S/C40H44N6O5SSi/c1-40(2,3)53(4,5)51-35-26-27(13-18-31(35)39-49-24-25-50-39)21-23-43-52(47,48)30-16-14-29(15-17-30)46-37(32-12-9-22-42-36(32)41)45-34-20-19-33(44-38(34)46)28-10-7-6-8-11-28/h6-20,22,26,39,43H,21,23-25H2,1-5H3,(H2,41,42). The van der Waals surface area contributed by atoms with Gasteiger partial charge in [-0.15, -0.1) is 0 Å². The van der Waals surface area contributed by atoms with Gasteiger partial charge in [0.1, 0.15) is 17.1 Å². The number of ether oxygens (including phenoxy) is 2. The summed E-state index contributed by atoms with van der Waals surface area (Å²) in [6.07, 6.45) is 1.61. The van der Waals surface area contributed by atoms with Crippen molar-refractivity contribution in [1.29, 1.82) is 0 Å². The van der Waals surface area contributed by atoms with Crippen molar-refractivity contribution in [2.45, 2.75) is 56.5 Å². The number of pyridine rings is 2. The highest BCUT2D eigenvalue weighted by atomic mass is 32.2. The van der Waals surface area contributed by atoms with Crippen molar-refractivity contribution < 1.29 is 22.3 Å². The quantitative estimate of drug-likeness (QED) is 0.128. The van der Waals surface area contributed by atoms with E-state index in [1.54, 1.807) is 36.5 Å². The lowest BCUT2D eigenvalue weighted by atomic mass is 10.1. The molecule has 0 saturated carbocycles. The van der Waals surface area contributed by atoms with Gasteiger partial charge in [0, 0.05) is 29.6 Å². The first-order valence-electron chi connectivity index (χ1n) is 17.6. The number of imidazole rings is 1. The van der Waals surface area contributed by atoms with Crippen molar-refractivity contribution in [3.8, 4) is 34.1 Å². The van der Waals surface area contributed by atoms with E-state index in [4.69, 9.17) is 29.6 Å². The minimum atomic E-state index is -3.83. The summed E-state index contributed by atoms with van der Waals surface area (Å²) in [5.74, 6) is 1.60. The van der Waals surface area contributed by atoms with Crippen LogP contribution in [0.2, 0.25) is 18.1 Å². The van der Waals surface area contributed by atoms with E-state index in [2.05, 4.69) is 43.6 Å². The van der Waals surface area contributed by atoms with Crippen LogP contribution in [0.25, 0.3) is 39.5 Å². The minimum Gasteiger partial charge on any atom is -0.543 e. The van der Waals surface area contributed by atoms with Gasteiger partial charge in [-0.2, -0.15) is 0 Å². The molecule has 1 fully saturated rings. The zero-order chi connectivity index (χ0) is 37.4. The number of aromatic nitrogens is 4. The highest BCUT2D eigenvalue weighted by Gasteiger charge is 2.40. The molecule has 7 rings (SSSR count). The van der Waals surface area contributed by atoms with Crippen LogP contribution >= 0.6 is 0 Å². The summed E-state index contributed by atoms with van der Waals surface area (Å²) in [7, 11) is -6.02. The molecule has 4 heterocycles. The third-order valence-corrected chi connectivity index (χ3v) is 15.7. The summed E-state index contributed by atoms with van der Waals surface area (Å²) in [5, 5.41) is -0.0108. The van der Waals surface area contributed by atoms with Gasteiger partial charge >= 0.3 is 0 Å². The Morgan fingerprint density at radius 1 is 0.925 bits per heavy atom. The van der Waals surface area contributed by atoms with E-state index < -0.39 is 24.6 Å². The molecule has 0 atom stereocenters. The van der Waals surface area contributed by atoms with Gasteiger partial charge in [-0.05, 0) is 90.8 Å². The number of nitrogens with zero attached hydrogens (tertiary/aromatic N) is 4. The summed E-state index contributed by atoms with van der Waals surface area (Å²) >= 11 is 0. The molecular weight excluding hydrogens is 705 g/mol. The Balaban J connectivity index is 1.14. The minimum absolute atomic E-state index is 0.0108. The molecule has 13 heteroatoms. The van der Waals surface area contributed by atoms with Crippen LogP contribution in [-0.4, -0.2) is 56.0 Å². The molecule has 0 spiro atoms. The van der Waals surface area contributed by atoms with Crippen LogP contribution in [0.5, 0.6) is 5.75 Å². The first-order chi connectivity index (χ1) is 25.3. The number of nitrogens with one attached hydrogen (secondary N) is 1. The molecule has 11 nitrogen and oxygen atoms in total. The fourth-order valence-electron chi connectivity index (χ4n) is 5.93. The highest BCUT2D eigenvalue weighted by molar-refractivity contribution is 7.89. The van der Waals surface area contributed by atoms with E-state index in [0.717, 1.165) is 28.1 Å². The zero-order valence-corrected chi connectivity index (χ0v) is 32.4. The molecule has 0 aliphatic carbocycles. The maximum Gasteiger partial charge on any atom is 0.250 e. The summed E-state index contributed by atoms with van der Waals surface area (Å²) in [6.45, 7) is 12.2. The molecule has 0 bridgehead atoms. The summed E-state index contributed by atoms with van der Waals surface area (Å²) in [5.41, 5.74) is 12.4. The topological polar surface area (TPSA) is 143 Å². The number of nitrogen functional groups attached to an aromatic ring is 1. The Hall–Kier alpha value is -4.92. The van der Waals surface area contributed by atoms with Gasteiger partial charge in [0.05, 0.1) is 29.4 Å². The van der Waals surface area contributed by atoms with Gasteiger partial charge in [0.2, 0.25) is 18.3 Å². The Morgan fingerprint density at radius 2 is 1.66 bits per heavy atom. The first-order valence-corrected chi connectivity index (χ1v) is 22.0. The monoisotopic (exact) mass is 748 g/mol. The zero-order valence-electron chi connectivity index (χ0n) is 30.5. The largest absolute Gasteiger partial charge is 0.543 e. The normalized spacial score (nSPS) is 14.2. The third kappa shape index (κ3) is 7.62. The van der Waals surface area contributed by atoms with Gasteiger partial charge in [0.15, 0.2) is 17.8 Å². The molecule has 0 unspecified atom stereocenters. The fraction of sp³-hybridized carbons (Fsp3) is 0.275. The second kappa shape index (κ2) is 14.5. The molecule has 3 aromatic heterocycles. The van der Waals surface area contributed by atoms with Crippen LogP contribution < -0.4 is 14.9 Å². The Bertz CT molecular complexity index is 2350. The highest BCUT2D eigenvalue weighted by Crippen LogP contribution is 2.41. The maximum atomic E-state index is 13.5. The van der Waals surface area contributed by atoms with Crippen LogP contribution in [0.3, 0.4) is 0 Å². The predicted molar refractivity (Wildman–Crippen MR) is 210 cm³/mol. The molecule has 53 heavy (non-hydrogen) atoms. The lowest BCUT2D eigenvalue weighted by Crippen LogP contribution is -2.44. The van der Waals surface area contributed by atoms with Gasteiger partial charge in [-0.3, -0.25) is 4.57 Å². The van der Waals surface area contributed by atoms with Crippen LogP contribution in [-0.2, 0) is 25.9 Å². The SMILES string of the molecule is CC(C)(C)[Si](C)(C)Oc1cc(CCNS(=O)(=O)c2ccc(-n3c(-c4cccnc4N)nc4ccc(-c5ccccc5)nc43)cc2)ccc1C1OCCO1. The van der Waals surface area contributed by atoms with Crippen LogP contribution in [0.4, 0.5) is 5.82 Å². The average Bonchev–Trinajstić information content (AvgIpc) is 3.80.